The third kappa shape index (κ3) is 3.19. The fourth-order valence-corrected chi connectivity index (χ4v) is 4.50. The summed E-state index contributed by atoms with van der Waals surface area (Å²) in [6, 6.07) is 4.40. The average Bonchev–Trinajstić information content (AvgIpc) is 3.12. The van der Waals surface area contributed by atoms with Gasteiger partial charge in [-0.2, -0.15) is 13.2 Å². The van der Waals surface area contributed by atoms with Crippen LogP contribution in [0, 0.1) is 5.92 Å². The first-order chi connectivity index (χ1) is 11.9. The number of thiazole rings is 1. The van der Waals surface area contributed by atoms with E-state index in [2.05, 4.69) is 10.3 Å². The van der Waals surface area contributed by atoms with Gasteiger partial charge >= 0.3 is 6.18 Å². The van der Waals surface area contributed by atoms with Crippen LogP contribution in [-0.4, -0.2) is 30.0 Å². The number of anilines is 1. The van der Waals surface area contributed by atoms with Gasteiger partial charge in [0, 0.05) is 19.1 Å². The molecule has 1 N–H and O–H groups in total. The van der Waals surface area contributed by atoms with Crippen molar-refractivity contribution in [3.8, 4) is 0 Å². The van der Waals surface area contributed by atoms with Crippen LogP contribution in [0.3, 0.4) is 0 Å². The topological polar surface area (TPSA) is 45.2 Å². The Morgan fingerprint density at radius 1 is 1.24 bits per heavy atom. The van der Waals surface area contributed by atoms with Crippen LogP contribution < -0.4 is 10.2 Å². The Labute approximate surface area is 147 Å². The smallest absolute Gasteiger partial charge is 0.353 e. The van der Waals surface area contributed by atoms with Crippen molar-refractivity contribution < 1.29 is 18.0 Å². The lowest BCUT2D eigenvalue weighted by atomic mass is 9.99. The molecule has 2 aliphatic rings. The zero-order valence-corrected chi connectivity index (χ0v) is 14.3. The number of fused-ring (bicyclic) bond motifs is 1. The third-order valence-corrected chi connectivity index (χ3v) is 6.02. The largest absolute Gasteiger partial charge is 0.418 e. The number of para-hydroxylation sites is 1. The summed E-state index contributed by atoms with van der Waals surface area (Å²) in [6.45, 7) is 1.03. The molecule has 1 aliphatic carbocycles. The molecule has 0 spiro atoms. The normalized spacial score (nSPS) is 19.4. The van der Waals surface area contributed by atoms with E-state index in [4.69, 9.17) is 0 Å². The second-order valence-corrected chi connectivity index (χ2v) is 7.75. The number of nitrogens with zero attached hydrogens (tertiary/aromatic N) is 2. The zero-order valence-electron chi connectivity index (χ0n) is 13.5. The molecule has 0 unspecified atom stereocenters. The molecule has 1 aliphatic heterocycles. The number of nitrogens with one attached hydrogen (secondary N) is 1. The van der Waals surface area contributed by atoms with E-state index in [1.54, 1.807) is 6.07 Å². The zero-order chi connectivity index (χ0) is 17.6. The lowest BCUT2D eigenvalue weighted by Gasteiger charge is -2.38. The molecule has 1 aromatic heterocycles. The van der Waals surface area contributed by atoms with E-state index in [1.165, 1.54) is 17.4 Å². The molecule has 1 amide bonds. The summed E-state index contributed by atoms with van der Waals surface area (Å²) in [7, 11) is 0. The highest BCUT2D eigenvalue weighted by Crippen LogP contribution is 2.39. The molecule has 0 bridgehead atoms. The summed E-state index contributed by atoms with van der Waals surface area (Å²) in [5.74, 6) is -0.0464. The minimum absolute atomic E-state index is 0.00569. The Balaban J connectivity index is 1.44. The highest BCUT2D eigenvalue weighted by atomic mass is 32.1. The standard InChI is InChI=1S/C17H18F3N3OS/c18-17(19,20)12-6-3-7-13-14(12)22-16(25-13)23-8-10(9-23)15(24)21-11-4-1-2-5-11/h3,6-7,10-11H,1-2,4-5,8-9H2,(H,21,24). The maximum atomic E-state index is 13.1. The molecule has 2 fully saturated rings. The van der Waals surface area contributed by atoms with Gasteiger partial charge in [0.15, 0.2) is 5.13 Å². The summed E-state index contributed by atoms with van der Waals surface area (Å²) >= 11 is 1.24. The molecule has 8 heteroatoms. The molecule has 0 atom stereocenters. The molecule has 2 aromatic rings. The molecule has 4 nitrogen and oxygen atoms in total. The minimum atomic E-state index is -4.41. The number of hydrogen-bond donors (Lipinski definition) is 1. The van der Waals surface area contributed by atoms with Crippen molar-refractivity contribution in [2.24, 2.45) is 5.92 Å². The first-order valence-electron chi connectivity index (χ1n) is 8.44. The van der Waals surface area contributed by atoms with Crippen LogP contribution in [-0.2, 0) is 11.0 Å². The van der Waals surface area contributed by atoms with E-state index in [0.29, 0.717) is 29.0 Å². The van der Waals surface area contributed by atoms with Crippen LogP contribution in [0.15, 0.2) is 18.2 Å². The first kappa shape index (κ1) is 16.6. The number of carbonyl (C=O) groups is 1. The number of halogens is 3. The van der Waals surface area contributed by atoms with E-state index >= 15 is 0 Å². The number of benzene rings is 1. The summed E-state index contributed by atoms with van der Waals surface area (Å²) < 4.78 is 39.8. The van der Waals surface area contributed by atoms with Gasteiger partial charge in [-0.3, -0.25) is 4.79 Å². The molecule has 134 valence electrons. The highest BCUT2D eigenvalue weighted by Gasteiger charge is 2.37. The van der Waals surface area contributed by atoms with Crippen molar-refractivity contribution in [2.75, 3.05) is 18.0 Å². The number of alkyl halides is 3. The fraction of sp³-hybridized carbons (Fsp3) is 0.529. The van der Waals surface area contributed by atoms with Crippen molar-refractivity contribution >= 4 is 32.6 Å². The van der Waals surface area contributed by atoms with Crippen molar-refractivity contribution in [1.29, 1.82) is 0 Å². The van der Waals surface area contributed by atoms with Crippen LogP contribution in [0.4, 0.5) is 18.3 Å². The molecule has 0 radical (unpaired) electrons. The van der Waals surface area contributed by atoms with Crippen LogP contribution >= 0.6 is 11.3 Å². The van der Waals surface area contributed by atoms with Gasteiger partial charge in [0.25, 0.3) is 0 Å². The van der Waals surface area contributed by atoms with Gasteiger partial charge in [-0.15, -0.1) is 0 Å². The number of aromatic nitrogens is 1. The van der Waals surface area contributed by atoms with Crippen molar-refractivity contribution in [3.05, 3.63) is 23.8 Å². The number of rotatable bonds is 3. The molecular weight excluding hydrogens is 351 g/mol. The number of hydrogen-bond acceptors (Lipinski definition) is 4. The van der Waals surface area contributed by atoms with Crippen LogP contribution in [0.1, 0.15) is 31.2 Å². The summed E-state index contributed by atoms with van der Waals surface area (Å²) in [5.41, 5.74) is -0.711. The van der Waals surface area contributed by atoms with Crippen LogP contribution in [0.5, 0.6) is 0 Å². The van der Waals surface area contributed by atoms with E-state index in [-0.39, 0.29) is 17.3 Å². The second-order valence-electron chi connectivity index (χ2n) is 6.74. The van der Waals surface area contributed by atoms with Gasteiger partial charge in [-0.1, -0.05) is 30.2 Å². The molecule has 25 heavy (non-hydrogen) atoms. The molecule has 4 rings (SSSR count). The molecule has 1 aromatic carbocycles. The monoisotopic (exact) mass is 369 g/mol. The van der Waals surface area contributed by atoms with Crippen molar-refractivity contribution in [2.45, 2.75) is 37.9 Å². The minimum Gasteiger partial charge on any atom is -0.353 e. The van der Waals surface area contributed by atoms with Crippen molar-refractivity contribution in [1.82, 2.24) is 10.3 Å². The van der Waals surface area contributed by atoms with Crippen molar-refractivity contribution in [3.63, 3.8) is 0 Å². The second kappa shape index (κ2) is 6.16. The number of carbonyl (C=O) groups excluding carboxylic acids is 1. The fourth-order valence-electron chi connectivity index (χ4n) is 3.49. The lowest BCUT2D eigenvalue weighted by Crippen LogP contribution is -2.55. The Morgan fingerprint density at radius 3 is 2.64 bits per heavy atom. The molecule has 2 heterocycles. The average molecular weight is 369 g/mol. The van der Waals surface area contributed by atoms with Gasteiger partial charge < -0.3 is 10.2 Å². The quantitative estimate of drug-likeness (QED) is 0.895. The van der Waals surface area contributed by atoms with Gasteiger partial charge in [0.1, 0.15) is 0 Å². The predicted molar refractivity (Wildman–Crippen MR) is 90.7 cm³/mol. The van der Waals surface area contributed by atoms with Crippen LogP contribution in [0.2, 0.25) is 0 Å². The predicted octanol–water partition coefficient (Wildman–Crippen LogP) is 3.81. The van der Waals surface area contributed by atoms with E-state index in [1.807, 2.05) is 4.90 Å². The molecule has 1 saturated carbocycles. The van der Waals surface area contributed by atoms with Gasteiger partial charge in [0.05, 0.1) is 21.7 Å². The summed E-state index contributed by atoms with van der Waals surface area (Å²) in [5, 5.41) is 3.63. The molecule has 1 saturated heterocycles. The van der Waals surface area contributed by atoms with Gasteiger partial charge in [-0.25, -0.2) is 4.98 Å². The maximum Gasteiger partial charge on any atom is 0.418 e. The number of amides is 1. The molecular formula is C17H18F3N3OS. The Morgan fingerprint density at radius 2 is 1.96 bits per heavy atom. The first-order valence-corrected chi connectivity index (χ1v) is 9.25. The lowest BCUT2D eigenvalue weighted by molar-refractivity contribution is -0.136. The van der Waals surface area contributed by atoms with Crippen LogP contribution in [0.25, 0.3) is 10.2 Å². The van der Waals surface area contributed by atoms with E-state index < -0.39 is 11.7 Å². The third-order valence-electron chi connectivity index (χ3n) is 4.94. The van der Waals surface area contributed by atoms with E-state index in [9.17, 15) is 18.0 Å². The summed E-state index contributed by atoms with van der Waals surface area (Å²) in [6.07, 6.45) is -0.00596. The highest BCUT2D eigenvalue weighted by molar-refractivity contribution is 7.22. The Hall–Kier alpha value is -1.83. The van der Waals surface area contributed by atoms with E-state index in [0.717, 1.165) is 31.7 Å². The Kier molecular flexibility index (Phi) is 4.10. The Bertz CT molecular complexity index is 792. The summed E-state index contributed by atoms with van der Waals surface area (Å²) in [4.78, 5) is 18.3. The SMILES string of the molecule is O=C(NC1CCCC1)C1CN(c2nc3c(C(F)(F)F)cccc3s2)C1. The van der Waals surface area contributed by atoms with Gasteiger partial charge in [0.2, 0.25) is 5.91 Å². The maximum absolute atomic E-state index is 13.1. The van der Waals surface area contributed by atoms with Gasteiger partial charge in [-0.05, 0) is 25.0 Å².